The van der Waals surface area contributed by atoms with Crippen LogP contribution in [0.3, 0.4) is 0 Å². The normalized spacial score (nSPS) is 18.5. The Morgan fingerprint density at radius 2 is 2.00 bits per heavy atom. The van der Waals surface area contributed by atoms with E-state index in [2.05, 4.69) is 20.2 Å². The first-order valence-electron chi connectivity index (χ1n) is 16.0. The average molecular weight is 694 g/mol. The number of carbonyl (C=O) groups excluding carboxylic acids is 1. The summed E-state index contributed by atoms with van der Waals surface area (Å²) in [5.41, 5.74) is 3.55. The Morgan fingerprint density at radius 1 is 1.18 bits per heavy atom. The SMILES string of the molecule is COc1ccc(CN(C)c2cc(Cl)nc3c2ncn3C(=O)N[C@@H]2CC[C@H]2OCc2cc(N3CCOC(C)(C)C3)cc([N+](=O)[O-])c2)c(OC)c1. The van der Waals surface area contributed by atoms with E-state index in [1.54, 1.807) is 26.4 Å². The van der Waals surface area contributed by atoms with Crippen molar-refractivity contribution in [1.82, 2.24) is 19.9 Å². The number of fused-ring (bicyclic) bond motifs is 1. The summed E-state index contributed by atoms with van der Waals surface area (Å²) < 4.78 is 24.2. The molecule has 15 heteroatoms. The molecule has 6 rings (SSSR count). The van der Waals surface area contributed by atoms with Gasteiger partial charge in [-0.3, -0.25) is 10.1 Å². The minimum atomic E-state index is -0.409. The molecular weight excluding hydrogens is 654 g/mol. The molecule has 2 aromatic heterocycles. The van der Waals surface area contributed by atoms with E-state index in [-0.39, 0.29) is 40.1 Å². The molecule has 2 aromatic carbocycles. The minimum absolute atomic E-state index is 0.00478. The van der Waals surface area contributed by atoms with Crippen LogP contribution in [-0.4, -0.2) is 84.2 Å². The summed E-state index contributed by atoms with van der Waals surface area (Å²) in [5, 5.41) is 15.0. The summed E-state index contributed by atoms with van der Waals surface area (Å²) in [6.45, 7) is 6.43. The van der Waals surface area contributed by atoms with E-state index in [0.717, 1.165) is 24.1 Å². The molecular formula is C34H40ClN7O7. The van der Waals surface area contributed by atoms with Crippen molar-refractivity contribution in [3.8, 4) is 11.5 Å². The molecule has 2 atom stereocenters. The van der Waals surface area contributed by atoms with E-state index in [4.69, 9.17) is 30.5 Å². The quantitative estimate of drug-likeness (QED) is 0.120. The molecule has 1 N–H and O–H groups in total. The van der Waals surface area contributed by atoms with Crippen LogP contribution in [0.15, 0.2) is 48.8 Å². The molecule has 14 nitrogen and oxygen atoms in total. The Kier molecular flexibility index (Phi) is 9.82. The molecule has 1 saturated heterocycles. The molecule has 4 aromatic rings. The van der Waals surface area contributed by atoms with Crippen molar-refractivity contribution in [2.75, 3.05) is 50.8 Å². The number of nitrogens with zero attached hydrogens (tertiary/aromatic N) is 6. The first-order valence-corrected chi connectivity index (χ1v) is 16.4. The fraction of sp³-hybridized carbons (Fsp3) is 0.441. The highest BCUT2D eigenvalue weighted by atomic mass is 35.5. The van der Waals surface area contributed by atoms with Gasteiger partial charge in [0.15, 0.2) is 5.65 Å². The monoisotopic (exact) mass is 693 g/mol. The van der Waals surface area contributed by atoms with Gasteiger partial charge in [0.05, 0.1) is 55.8 Å². The van der Waals surface area contributed by atoms with Gasteiger partial charge >= 0.3 is 6.03 Å². The molecule has 1 aliphatic carbocycles. The zero-order valence-corrected chi connectivity index (χ0v) is 28.9. The van der Waals surface area contributed by atoms with Gasteiger partial charge in [-0.2, -0.15) is 0 Å². The number of nitrogens with one attached hydrogen (secondary N) is 1. The van der Waals surface area contributed by atoms with Gasteiger partial charge < -0.3 is 34.1 Å². The first kappa shape index (κ1) is 34.2. The van der Waals surface area contributed by atoms with Crippen LogP contribution in [0.25, 0.3) is 11.2 Å². The number of nitro benzene ring substituents is 1. The number of anilines is 2. The standard InChI is InChI=1S/C34H40ClN7O7/c1-34(2)19-40(10-11-49-34)23-12-21(13-24(14-23)42(44)45)18-48-28-9-8-26(28)37-33(43)41-20-36-31-27(16-30(35)38-32(31)41)39(3)17-22-6-7-25(46-4)15-29(22)47-5/h6-7,12-16,20,26,28H,8-11,17-19H2,1-5H3,(H,37,43)/t26-,28-/m1/s1. The van der Waals surface area contributed by atoms with Crippen molar-refractivity contribution in [2.24, 2.45) is 0 Å². The summed E-state index contributed by atoms with van der Waals surface area (Å²) >= 11 is 6.45. The average Bonchev–Trinajstić information content (AvgIpc) is 3.49. The maximum atomic E-state index is 13.5. The second-order valence-corrected chi connectivity index (χ2v) is 13.3. The fourth-order valence-electron chi connectivity index (χ4n) is 6.24. The third-order valence-corrected chi connectivity index (χ3v) is 9.13. The van der Waals surface area contributed by atoms with E-state index >= 15 is 0 Å². The molecule has 0 unspecified atom stereocenters. The van der Waals surface area contributed by atoms with Gasteiger partial charge in [-0.1, -0.05) is 11.6 Å². The number of nitro groups is 1. The van der Waals surface area contributed by atoms with Crippen LogP contribution in [0, 0.1) is 10.1 Å². The van der Waals surface area contributed by atoms with E-state index in [1.165, 1.54) is 17.0 Å². The van der Waals surface area contributed by atoms with E-state index < -0.39 is 6.03 Å². The predicted octanol–water partition coefficient (Wildman–Crippen LogP) is 5.57. The van der Waals surface area contributed by atoms with Crippen LogP contribution in [0.1, 0.15) is 37.8 Å². The highest BCUT2D eigenvalue weighted by Gasteiger charge is 2.34. The number of amides is 1. The van der Waals surface area contributed by atoms with Gasteiger partial charge in [-0.05, 0) is 50.5 Å². The van der Waals surface area contributed by atoms with Crippen molar-refractivity contribution >= 4 is 45.9 Å². The highest BCUT2D eigenvalue weighted by molar-refractivity contribution is 6.30. The molecule has 0 spiro atoms. The van der Waals surface area contributed by atoms with Gasteiger partial charge in [0.25, 0.3) is 5.69 Å². The number of halogens is 1. The number of hydrogen-bond donors (Lipinski definition) is 1. The molecule has 1 saturated carbocycles. The van der Waals surface area contributed by atoms with E-state index in [9.17, 15) is 14.9 Å². The lowest BCUT2D eigenvalue weighted by atomic mass is 9.89. The maximum absolute atomic E-state index is 13.5. The van der Waals surface area contributed by atoms with Crippen LogP contribution in [0.2, 0.25) is 5.15 Å². The molecule has 1 aliphatic heterocycles. The summed E-state index contributed by atoms with van der Waals surface area (Å²) in [5.74, 6) is 1.37. The number of hydrogen-bond acceptors (Lipinski definition) is 11. The number of pyridine rings is 1. The van der Waals surface area contributed by atoms with Gasteiger partial charge in [0, 0.05) is 62.2 Å². The van der Waals surface area contributed by atoms with Gasteiger partial charge in [0.1, 0.15) is 28.5 Å². The number of methoxy groups -OCH3 is 2. The molecule has 49 heavy (non-hydrogen) atoms. The number of non-ortho nitro benzene ring substituents is 1. The molecule has 0 radical (unpaired) electrons. The second kappa shape index (κ2) is 14.1. The molecule has 1 amide bonds. The third kappa shape index (κ3) is 7.51. The largest absolute Gasteiger partial charge is 0.497 e. The van der Waals surface area contributed by atoms with Crippen LogP contribution >= 0.6 is 11.6 Å². The predicted molar refractivity (Wildman–Crippen MR) is 185 cm³/mol. The maximum Gasteiger partial charge on any atom is 0.328 e. The zero-order valence-electron chi connectivity index (χ0n) is 28.1. The Balaban J connectivity index is 1.13. The molecule has 2 aliphatic rings. The van der Waals surface area contributed by atoms with Crippen molar-refractivity contribution in [3.05, 3.63) is 75.2 Å². The van der Waals surface area contributed by atoms with Crippen LogP contribution in [-0.2, 0) is 22.6 Å². The first-order chi connectivity index (χ1) is 23.4. The van der Waals surface area contributed by atoms with Crippen molar-refractivity contribution in [2.45, 2.75) is 57.6 Å². The van der Waals surface area contributed by atoms with Crippen molar-refractivity contribution < 1.29 is 28.7 Å². The smallest absolute Gasteiger partial charge is 0.328 e. The molecule has 2 fully saturated rings. The van der Waals surface area contributed by atoms with E-state index in [0.29, 0.717) is 60.2 Å². The second-order valence-electron chi connectivity index (χ2n) is 12.9. The summed E-state index contributed by atoms with van der Waals surface area (Å²) in [6.07, 6.45) is 2.63. The lowest BCUT2D eigenvalue weighted by Crippen LogP contribution is -2.52. The minimum Gasteiger partial charge on any atom is -0.497 e. The van der Waals surface area contributed by atoms with Gasteiger partial charge in [-0.25, -0.2) is 19.3 Å². The van der Waals surface area contributed by atoms with Crippen molar-refractivity contribution in [3.63, 3.8) is 0 Å². The van der Waals surface area contributed by atoms with Crippen LogP contribution < -0.4 is 24.6 Å². The molecule has 260 valence electrons. The van der Waals surface area contributed by atoms with Crippen molar-refractivity contribution in [1.29, 1.82) is 0 Å². The highest BCUT2D eigenvalue weighted by Crippen LogP contribution is 2.33. The van der Waals surface area contributed by atoms with Gasteiger partial charge in [-0.15, -0.1) is 0 Å². The lowest BCUT2D eigenvalue weighted by molar-refractivity contribution is -0.384. The summed E-state index contributed by atoms with van der Waals surface area (Å²) in [4.78, 5) is 37.9. The van der Waals surface area contributed by atoms with Crippen LogP contribution in [0.5, 0.6) is 11.5 Å². The topological polar surface area (TPSA) is 146 Å². The number of morpholine rings is 1. The summed E-state index contributed by atoms with van der Waals surface area (Å²) in [6, 6.07) is 11.7. The van der Waals surface area contributed by atoms with Gasteiger partial charge in [0.2, 0.25) is 0 Å². The fourth-order valence-corrected chi connectivity index (χ4v) is 6.42. The molecule has 0 bridgehead atoms. The lowest BCUT2D eigenvalue weighted by Gasteiger charge is -2.39. The third-order valence-electron chi connectivity index (χ3n) is 8.93. The van der Waals surface area contributed by atoms with Crippen LogP contribution in [0.4, 0.5) is 21.9 Å². The zero-order chi connectivity index (χ0) is 34.9. The van der Waals surface area contributed by atoms with E-state index in [1.807, 2.05) is 50.1 Å². The number of rotatable bonds is 11. The Hall–Kier alpha value is -4.66. The number of benzene rings is 2. The Labute approximate surface area is 289 Å². The number of ether oxygens (including phenoxy) is 4. The number of imidazole rings is 1. The Bertz CT molecular complexity index is 1870. The number of aromatic nitrogens is 3. The molecule has 3 heterocycles. The Morgan fingerprint density at radius 3 is 2.69 bits per heavy atom. The number of carbonyl (C=O) groups is 1. The summed E-state index contributed by atoms with van der Waals surface area (Å²) in [7, 11) is 5.11.